The van der Waals surface area contributed by atoms with Crippen molar-refractivity contribution in [3.63, 3.8) is 0 Å². The minimum atomic E-state index is -0.982. The van der Waals surface area contributed by atoms with E-state index in [9.17, 15) is 4.79 Å². The number of amides is 1. The SMILES string of the molecule is CN(CC1OCCc2c(Br)cc3c(c21)OCO3)C(=O)O. The van der Waals surface area contributed by atoms with Crippen LogP contribution in [0.15, 0.2) is 10.5 Å². The van der Waals surface area contributed by atoms with Gasteiger partial charge in [0.2, 0.25) is 6.79 Å². The van der Waals surface area contributed by atoms with Crippen molar-refractivity contribution < 1.29 is 24.1 Å². The highest BCUT2D eigenvalue weighted by Gasteiger charge is 2.33. The number of fused-ring (bicyclic) bond motifs is 3. The molecule has 1 aromatic rings. The number of likely N-dealkylation sites (N-methyl/N-ethyl adjacent to an activating group) is 1. The summed E-state index contributed by atoms with van der Waals surface area (Å²) in [5.74, 6) is 1.34. The predicted molar refractivity (Wildman–Crippen MR) is 73.3 cm³/mol. The van der Waals surface area contributed by atoms with Crippen LogP contribution in [0.2, 0.25) is 0 Å². The van der Waals surface area contributed by atoms with E-state index in [4.69, 9.17) is 19.3 Å². The molecule has 0 radical (unpaired) electrons. The molecule has 0 fully saturated rings. The van der Waals surface area contributed by atoms with Gasteiger partial charge in [-0.3, -0.25) is 0 Å². The topological polar surface area (TPSA) is 68.2 Å². The Kier molecular flexibility index (Phi) is 3.47. The molecule has 1 N–H and O–H groups in total. The number of ether oxygens (including phenoxy) is 3. The van der Waals surface area contributed by atoms with Gasteiger partial charge >= 0.3 is 6.09 Å². The van der Waals surface area contributed by atoms with Crippen LogP contribution in [-0.2, 0) is 11.2 Å². The fourth-order valence-corrected chi connectivity index (χ4v) is 3.15. The molecule has 1 unspecified atom stereocenters. The van der Waals surface area contributed by atoms with Crippen LogP contribution in [0, 0.1) is 0 Å². The zero-order chi connectivity index (χ0) is 14.3. The lowest BCUT2D eigenvalue weighted by Crippen LogP contribution is -2.33. The maximum Gasteiger partial charge on any atom is 0.407 e. The predicted octanol–water partition coefficient (Wildman–Crippen LogP) is 2.40. The van der Waals surface area contributed by atoms with Gasteiger partial charge in [-0.15, -0.1) is 0 Å². The van der Waals surface area contributed by atoms with Gasteiger partial charge in [-0.05, 0) is 18.1 Å². The summed E-state index contributed by atoms with van der Waals surface area (Å²) in [7, 11) is 1.52. The second kappa shape index (κ2) is 5.14. The Hall–Kier alpha value is -1.47. The quantitative estimate of drug-likeness (QED) is 0.892. The maximum absolute atomic E-state index is 11.0. The summed E-state index contributed by atoms with van der Waals surface area (Å²) in [6, 6.07) is 1.89. The van der Waals surface area contributed by atoms with Crippen LogP contribution >= 0.6 is 15.9 Å². The Morgan fingerprint density at radius 3 is 3.10 bits per heavy atom. The molecule has 0 aromatic heterocycles. The van der Waals surface area contributed by atoms with Crippen molar-refractivity contribution >= 4 is 22.0 Å². The third-order valence-electron chi connectivity index (χ3n) is 3.52. The standard InChI is InChI=1S/C13H14BrNO5/c1-15(13(16)17)5-10-11-7(2-3-18-10)8(14)4-9-12(11)20-6-19-9/h4,10H,2-3,5-6H2,1H3,(H,16,17). The second-order valence-electron chi connectivity index (χ2n) is 4.76. The van der Waals surface area contributed by atoms with Gasteiger partial charge in [0.15, 0.2) is 11.5 Å². The molecular formula is C13H14BrNO5. The van der Waals surface area contributed by atoms with E-state index in [1.165, 1.54) is 11.9 Å². The molecule has 2 aliphatic heterocycles. The normalized spacial score (nSPS) is 19.6. The van der Waals surface area contributed by atoms with Crippen LogP contribution in [0.3, 0.4) is 0 Å². The molecule has 1 amide bonds. The van der Waals surface area contributed by atoms with Crippen molar-refractivity contribution in [2.45, 2.75) is 12.5 Å². The van der Waals surface area contributed by atoms with Crippen molar-refractivity contribution in [2.24, 2.45) is 0 Å². The van der Waals surface area contributed by atoms with Gasteiger partial charge in [-0.1, -0.05) is 15.9 Å². The molecule has 3 rings (SSSR count). The summed E-state index contributed by atoms with van der Waals surface area (Å²) in [5, 5.41) is 9.01. The van der Waals surface area contributed by atoms with Gasteiger partial charge in [0, 0.05) is 17.1 Å². The number of hydrogen-bond donors (Lipinski definition) is 1. The fraction of sp³-hybridized carbons (Fsp3) is 0.462. The molecular weight excluding hydrogens is 330 g/mol. The number of rotatable bonds is 2. The number of nitrogens with zero attached hydrogens (tertiary/aromatic N) is 1. The first-order chi connectivity index (χ1) is 9.58. The average Bonchev–Trinajstić information content (AvgIpc) is 2.87. The number of carboxylic acid groups (broad SMARTS) is 1. The van der Waals surface area contributed by atoms with E-state index in [1.807, 2.05) is 6.07 Å². The number of carbonyl (C=O) groups is 1. The molecule has 1 atom stereocenters. The first-order valence-electron chi connectivity index (χ1n) is 6.24. The highest BCUT2D eigenvalue weighted by molar-refractivity contribution is 9.10. The van der Waals surface area contributed by atoms with E-state index in [-0.39, 0.29) is 19.4 Å². The van der Waals surface area contributed by atoms with Crippen LogP contribution in [0.1, 0.15) is 17.2 Å². The van der Waals surface area contributed by atoms with Gasteiger partial charge in [-0.2, -0.15) is 0 Å². The third-order valence-corrected chi connectivity index (χ3v) is 4.22. The van der Waals surface area contributed by atoms with E-state index in [1.54, 1.807) is 0 Å². The first kappa shape index (κ1) is 13.5. The highest BCUT2D eigenvalue weighted by atomic mass is 79.9. The van der Waals surface area contributed by atoms with Crippen LogP contribution in [0.25, 0.3) is 0 Å². The van der Waals surface area contributed by atoms with E-state index < -0.39 is 6.09 Å². The van der Waals surface area contributed by atoms with Gasteiger partial charge in [-0.25, -0.2) is 4.79 Å². The molecule has 20 heavy (non-hydrogen) atoms. The number of hydrogen-bond acceptors (Lipinski definition) is 4. The maximum atomic E-state index is 11.0. The molecule has 0 bridgehead atoms. The Morgan fingerprint density at radius 2 is 2.35 bits per heavy atom. The Labute approximate surface area is 124 Å². The molecule has 0 spiro atoms. The van der Waals surface area contributed by atoms with Crippen LogP contribution in [0.5, 0.6) is 11.5 Å². The summed E-state index contributed by atoms with van der Waals surface area (Å²) in [4.78, 5) is 12.2. The van der Waals surface area contributed by atoms with Gasteiger partial charge in [0.25, 0.3) is 0 Å². The molecule has 6 nitrogen and oxygen atoms in total. The Bertz CT molecular complexity index is 558. The summed E-state index contributed by atoms with van der Waals surface area (Å²) in [6.07, 6.45) is -0.558. The molecule has 0 saturated heterocycles. The van der Waals surface area contributed by atoms with Gasteiger partial charge in [0.1, 0.15) is 6.10 Å². The number of halogens is 1. The van der Waals surface area contributed by atoms with Crippen molar-refractivity contribution in [1.82, 2.24) is 4.90 Å². The monoisotopic (exact) mass is 343 g/mol. The lowest BCUT2D eigenvalue weighted by molar-refractivity contribution is 0.0203. The van der Waals surface area contributed by atoms with Crippen molar-refractivity contribution in [1.29, 1.82) is 0 Å². The Balaban J connectivity index is 2.01. The van der Waals surface area contributed by atoms with E-state index in [2.05, 4.69) is 15.9 Å². The van der Waals surface area contributed by atoms with Gasteiger partial charge in [0.05, 0.1) is 13.2 Å². The van der Waals surface area contributed by atoms with Crippen molar-refractivity contribution in [3.8, 4) is 11.5 Å². The minimum absolute atomic E-state index is 0.180. The lowest BCUT2D eigenvalue weighted by atomic mass is 9.95. The average molecular weight is 344 g/mol. The first-order valence-corrected chi connectivity index (χ1v) is 7.03. The van der Waals surface area contributed by atoms with E-state index >= 15 is 0 Å². The molecule has 1 aromatic carbocycles. The summed E-state index contributed by atoms with van der Waals surface area (Å²) in [5.41, 5.74) is 2.00. The summed E-state index contributed by atoms with van der Waals surface area (Å²) >= 11 is 3.54. The third kappa shape index (κ3) is 2.20. The van der Waals surface area contributed by atoms with E-state index in [0.717, 1.165) is 22.0 Å². The highest BCUT2D eigenvalue weighted by Crippen LogP contribution is 2.47. The van der Waals surface area contributed by atoms with E-state index in [0.29, 0.717) is 18.1 Å². The van der Waals surface area contributed by atoms with Crippen LogP contribution in [-0.4, -0.2) is 43.1 Å². The van der Waals surface area contributed by atoms with Crippen molar-refractivity contribution in [3.05, 3.63) is 21.7 Å². The van der Waals surface area contributed by atoms with Crippen molar-refractivity contribution in [2.75, 3.05) is 27.0 Å². The summed E-state index contributed by atoms with van der Waals surface area (Å²) in [6.45, 7) is 0.998. The zero-order valence-electron chi connectivity index (χ0n) is 10.9. The smallest absolute Gasteiger partial charge is 0.407 e. The molecule has 108 valence electrons. The molecule has 0 saturated carbocycles. The molecule has 0 aliphatic carbocycles. The second-order valence-corrected chi connectivity index (χ2v) is 5.61. The minimum Gasteiger partial charge on any atom is -0.465 e. The molecule has 2 aliphatic rings. The zero-order valence-corrected chi connectivity index (χ0v) is 12.5. The Morgan fingerprint density at radius 1 is 1.55 bits per heavy atom. The fourth-order valence-electron chi connectivity index (χ4n) is 2.53. The molecule has 2 heterocycles. The van der Waals surface area contributed by atoms with Crippen LogP contribution < -0.4 is 9.47 Å². The molecule has 7 heteroatoms. The lowest BCUT2D eigenvalue weighted by Gasteiger charge is -2.30. The number of benzene rings is 1. The van der Waals surface area contributed by atoms with Gasteiger partial charge < -0.3 is 24.2 Å². The largest absolute Gasteiger partial charge is 0.465 e. The van der Waals surface area contributed by atoms with Crippen LogP contribution in [0.4, 0.5) is 4.79 Å². The summed E-state index contributed by atoms with van der Waals surface area (Å²) < 4.78 is 17.6.